The maximum atomic E-state index is 11.4. The Hall–Kier alpha value is -0.940. The average molecular weight is 241 g/mol. The van der Waals surface area contributed by atoms with E-state index in [0.717, 1.165) is 5.69 Å². The monoisotopic (exact) mass is 241 g/mol. The van der Waals surface area contributed by atoms with E-state index in [1.807, 2.05) is 33.2 Å². The summed E-state index contributed by atoms with van der Waals surface area (Å²) in [6, 6.07) is 0.361. The highest BCUT2D eigenvalue weighted by Gasteiger charge is 2.12. The van der Waals surface area contributed by atoms with Gasteiger partial charge in [-0.2, -0.15) is 0 Å². The number of hydrogen-bond donors (Lipinski definition) is 2. The minimum atomic E-state index is 0.0315. The Labute approximate surface area is 100 Å². The number of aromatic nitrogens is 1. The van der Waals surface area contributed by atoms with Gasteiger partial charge in [-0.3, -0.25) is 4.79 Å². The first kappa shape index (κ1) is 13.1. The molecule has 1 rings (SSSR count). The van der Waals surface area contributed by atoms with Crippen molar-refractivity contribution in [3.05, 3.63) is 16.1 Å². The number of hydrogen-bond acceptors (Lipinski definition) is 4. The van der Waals surface area contributed by atoms with E-state index in [2.05, 4.69) is 15.6 Å². The summed E-state index contributed by atoms with van der Waals surface area (Å²) < 4.78 is 0. The Balaban J connectivity index is 2.39. The fourth-order valence-corrected chi connectivity index (χ4v) is 2.27. The van der Waals surface area contributed by atoms with Crippen molar-refractivity contribution < 1.29 is 4.79 Å². The summed E-state index contributed by atoms with van der Waals surface area (Å²) >= 11 is 1.62. The molecule has 0 aromatic carbocycles. The smallest absolute Gasteiger partial charge is 0.234 e. The molecule has 0 bridgehead atoms. The van der Waals surface area contributed by atoms with Crippen LogP contribution in [0.15, 0.2) is 5.51 Å². The predicted molar refractivity (Wildman–Crippen MR) is 66.5 cm³/mol. The number of amides is 1. The molecule has 2 N–H and O–H groups in total. The molecule has 1 atom stereocenters. The molecule has 0 saturated heterocycles. The summed E-state index contributed by atoms with van der Waals surface area (Å²) in [4.78, 5) is 16.8. The van der Waals surface area contributed by atoms with Gasteiger partial charge in [-0.1, -0.05) is 0 Å². The molecule has 0 saturated carbocycles. The first-order valence-corrected chi connectivity index (χ1v) is 6.31. The average Bonchev–Trinajstić information content (AvgIpc) is 2.60. The highest BCUT2D eigenvalue weighted by Crippen LogP contribution is 2.20. The highest BCUT2D eigenvalue weighted by atomic mass is 32.1. The Morgan fingerprint density at radius 1 is 1.50 bits per heavy atom. The Morgan fingerprint density at radius 3 is 2.69 bits per heavy atom. The standard InChI is InChI=1S/C11H19N3OS/c1-7(2)14-10(15)5-12-8(3)11-9(4)13-6-16-11/h6-8,12H,5H2,1-4H3,(H,14,15). The van der Waals surface area contributed by atoms with Crippen molar-refractivity contribution in [3.63, 3.8) is 0 Å². The molecule has 0 aliphatic rings. The lowest BCUT2D eigenvalue weighted by Crippen LogP contribution is -2.38. The van der Waals surface area contributed by atoms with Gasteiger partial charge >= 0.3 is 0 Å². The van der Waals surface area contributed by atoms with E-state index >= 15 is 0 Å². The van der Waals surface area contributed by atoms with E-state index in [0.29, 0.717) is 6.54 Å². The van der Waals surface area contributed by atoms with Crippen LogP contribution in [0.1, 0.15) is 37.4 Å². The lowest BCUT2D eigenvalue weighted by atomic mass is 10.2. The molecule has 5 heteroatoms. The zero-order chi connectivity index (χ0) is 12.1. The molecule has 0 radical (unpaired) electrons. The van der Waals surface area contributed by atoms with Gasteiger partial charge in [-0.05, 0) is 27.7 Å². The third-order valence-electron chi connectivity index (χ3n) is 2.19. The van der Waals surface area contributed by atoms with Crippen LogP contribution in [-0.4, -0.2) is 23.5 Å². The zero-order valence-corrected chi connectivity index (χ0v) is 11.0. The van der Waals surface area contributed by atoms with E-state index in [4.69, 9.17) is 0 Å². The van der Waals surface area contributed by atoms with Crippen molar-refractivity contribution in [2.24, 2.45) is 0 Å². The van der Waals surface area contributed by atoms with Crippen molar-refractivity contribution in [2.75, 3.05) is 6.54 Å². The van der Waals surface area contributed by atoms with E-state index in [9.17, 15) is 4.79 Å². The molecule has 1 aromatic rings. The minimum absolute atomic E-state index is 0.0315. The largest absolute Gasteiger partial charge is 0.353 e. The molecule has 90 valence electrons. The molecule has 16 heavy (non-hydrogen) atoms. The summed E-state index contributed by atoms with van der Waals surface area (Å²) in [5, 5.41) is 6.03. The van der Waals surface area contributed by atoms with Gasteiger partial charge in [0.15, 0.2) is 0 Å². The van der Waals surface area contributed by atoms with Crippen LogP contribution >= 0.6 is 11.3 Å². The molecule has 1 amide bonds. The Morgan fingerprint density at radius 2 is 2.19 bits per heavy atom. The Kier molecular flexibility index (Phi) is 4.89. The lowest BCUT2D eigenvalue weighted by Gasteiger charge is -2.14. The van der Waals surface area contributed by atoms with Crippen LogP contribution in [0, 0.1) is 6.92 Å². The molecular weight excluding hydrogens is 222 g/mol. The maximum Gasteiger partial charge on any atom is 0.234 e. The summed E-state index contributed by atoms with van der Waals surface area (Å²) in [7, 11) is 0. The van der Waals surface area contributed by atoms with Crippen LogP contribution in [0.3, 0.4) is 0 Å². The zero-order valence-electron chi connectivity index (χ0n) is 10.2. The van der Waals surface area contributed by atoms with Gasteiger partial charge in [0, 0.05) is 17.0 Å². The van der Waals surface area contributed by atoms with Gasteiger partial charge < -0.3 is 10.6 Å². The first-order chi connectivity index (χ1) is 7.50. The van der Waals surface area contributed by atoms with Gasteiger partial charge in [0.25, 0.3) is 0 Å². The number of nitrogens with one attached hydrogen (secondary N) is 2. The van der Waals surface area contributed by atoms with E-state index in [-0.39, 0.29) is 18.0 Å². The molecule has 4 nitrogen and oxygen atoms in total. The summed E-state index contributed by atoms with van der Waals surface area (Å²) in [5.74, 6) is 0.0315. The van der Waals surface area contributed by atoms with Crippen molar-refractivity contribution in [3.8, 4) is 0 Å². The predicted octanol–water partition coefficient (Wildman–Crippen LogP) is 1.63. The second-order valence-corrected chi connectivity index (χ2v) is 5.01. The van der Waals surface area contributed by atoms with E-state index in [1.54, 1.807) is 11.3 Å². The molecule has 0 aliphatic carbocycles. The van der Waals surface area contributed by atoms with Crippen molar-refractivity contribution in [2.45, 2.75) is 39.8 Å². The Bertz CT molecular complexity index is 349. The SMILES string of the molecule is Cc1ncsc1C(C)NCC(=O)NC(C)C. The third-order valence-corrected chi connectivity index (χ3v) is 3.31. The van der Waals surface area contributed by atoms with Gasteiger partial charge in [-0.15, -0.1) is 11.3 Å². The first-order valence-electron chi connectivity index (χ1n) is 5.43. The normalized spacial score (nSPS) is 12.8. The van der Waals surface area contributed by atoms with Crippen LogP contribution in [0.25, 0.3) is 0 Å². The number of rotatable bonds is 5. The second kappa shape index (κ2) is 5.96. The van der Waals surface area contributed by atoms with E-state index < -0.39 is 0 Å². The number of thiazole rings is 1. The third kappa shape index (κ3) is 3.90. The number of carbonyl (C=O) groups is 1. The maximum absolute atomic E-state index is 11.4. The topological polar surface area (TPSA) is 54.0 Å². The number of nitrogens with zero attached hydrogens (tertiary/aromatic N) is 1. The van der Waals surface area contributed by atoms with Crippen LogP contribution in [0.5, 0.6) is 0 Å². The summed E-state index contributed by atoms with van der Waals surface area (Å²) in [5.41, 5.74) is 2.87. The fourth-order valence-electron chi connectivity index (χ4n) is 1.44. The van der Waals surface area contributed by atoms with Gasteiger partial charge in [-0.25, -0.2) is 4.98 Å². The molecule has 0 fully saturated rings. The van der Waals surface area contributed by atoms with Crippen LogP contribution < -0.4 is 10.6 Å². The quantitative estimate of drug-likeness (QED) is 0.824. The van der Waals surface area contributed by atoms with Gasteiger partial charge in [0.05, 0.1) is 17.7 Å². The van der Waals surface area contributed by atoms with Gasteiger partial charge in [0.2, 0.25) is 5.91 Å². The summed E-state index contributed by atoms with van der Waals surface area (Å²) in [6.07, 6.45) is 0. The van der Waals surface area contributed by atoms with Gasteiger partial charge in [0.1, 0.15) is 0 Å². The highest BCUT2D eigenvalue weighted by molar-refractivity contribution is 7.09. The van der Waals surface area contributed by atoms with Crippen LogP contribution in [-0.2, 0) is 4.79 Å². The fraction of sp³-hybridized carbons (Fsp3) is 0.636. The lowest BCUT2D eigenvalue weighted by molar-refractivity contribution is -0.120. The molecule has 1 unspecified atom stereocenters. The molecule has 0 spiro atoms. The minimum Gasteiger partial charge on any atom is -0.353 e. The molecule has 0 aliphatic heterocycles. The van der Waals surface area contributed by atoms with Crippen LogP contribution in [0.2, 0.25) is 0 Å². The molecule has 1 heterocycles. The molecule has 1 aromatic heterocycles. The van der Waals surface area contributed by atoms with Crippen LogP contribution in [0.4, 0.5) is 0 Å². The summed E-state index contributed by atoms with van der Waals surface area (Å²) in [6.45, 7) is 8.28. The number of carbonyl (C=O) groups excluding carboxylic acids is 1. The molecular formula is C11H19N3OS. The van der Waals surface area contributed by atoms with Crippen molar-refractivity contribution in [1.82, 2.24) is 15.6 Å². The van der Waals surface area contributed by atoms with Crippen molar-refractivity contribution >= 4 is 17.2 Å². The second-order valence-electron chi connectivity index (χ2n) is 4.13. The van der Waals surface area contributed by atoms with Crippen molar-refractivity contribution in [1.29, 1.82) is 0 Å². The van der Waals surface area contributed by atoms with E-state index in [1.165, 1.54) is 4.88 Å². The number of aryl methyl sites for hydroxylation is 1.